The van der Waals surface area contributed by atoms with Crippen LogP contribution in [-0.2, 0) is 20.7 Å². The summed E-state index contributed by atoms with van der Waals surface area (Å²) in [5.74, 6) is -1.12. The fraction of sp³-hybridized carbons (Fsp3) is 0.174. The van der Waals surface area contributed by atoms with Crippen LogP contribution in [0.3, 0.4) is 0 Å². The second kappa shape index (κ2) is 7.27. The molecule has 4 rings (SSSR count). The first-order valence-corrected chi connectivity index (χ1v) is 9.13. The number of ether oxygens (including phenoxy) is 1. The molecule has 0 bridgehead atoms. The highest BCUT2D eigenvalue weighted by Gasteiger charge is 2.27. The maximum absolute atomic E-state index is 12.4. The number of hydrogen-bond donors (Lipinski definition) is 1. The fourth-order valence-corrected chi connectivity index (χ4v) is 3.47. The van der Waals surface area contributed by atoms with Gasteiger partial charge in [0.1, 0.15) is 0 Å². The smallest absolute Gasteiger partial charge is 0.310 e. The van der Waals surface area contributed by atoms with Crippen molar-refractivity contribution < 1.29 is 19.1 Å². The molecule has 3 aromatic rings. The molecule has 0 fully saturated rings. The van der Waals surface area contributed by atoms with Gasteiger partial charge in [-0.3, -0.25) is 14.4 Å². The van der Waals surface area contributed by atoms with E-state index in [1.807, 2.05) is 42.5 Å². The van der Waals surface area contributed by atoms with Crippen LogP contribution in [0.1, 0.15) is 34.3 Å². The molecule has 0 saturated heterocycles. The molecule has 1 heterocycles. The lowest BCUT2D eigenvalue weighted by Crippen LogP contribution is -2.16. The molecule has 3 aromatic carbocycles. The number of carbonyl (C=O) groups is 3. The number of Topliss-reactive ketones (excluding diaryl/α,β-unsaturated/α-hetero) is 1. The Morgan fingerprint density at radius 2 is 1.82 bits per heavy atom. The Bertz CT molecular complexity index is 1100. The van der Waals surface area contributed by atoms with Crippen molar-refractivity contribution in [2.24, 2.45) is 0 Å². The SMILES string of the molecule is C[C@@H]1C(=O)Nc2ccc(C(=O)COC(=O)Cc3cccc4ccccc34)cc21. The van der Waals surface area contributed by atoms with Gasteiger partial charge in [-0.2, -0.15) is 0 Å². The van der Waals surface area contributed by atoms with Crippen LogP contribution >= 0.6 is 0 Å². The molecule has 0 radical (unpaired) electrons. The summed E-state index contributed by atoms with van der Waals surface area (Å²) >= 11 is 0. The van der Waals surface area contributed by atoms with E-state index < -0.39 is 5.97 Å². The molecule has 28 heavy (non-hydrogen) atoms. The summed E-state index contributed by atoms with van der Waals surface area (Å²) in [6.45, 7) is 1.47. The molecule has 140 valence electrons. The summed E-state index contributed by atoms with van der Waals surface area (Å²) in [4.78, 5) is 36.4. The third kappa shape index (κ3) is 3.39. The molecule has 5 nitrogen and oxygen atoms in total. The molecular formula is C23H19NO4. The van der Waals surface area contributed by atoms with E-state index in [4.69, 9.17) is 4.74 Å². The predicted molar refractivity (Wildman–Crippen MR) is 106 cm³/mol. The lowest BCUT2D eigenvalue weighted by molar-refractivity contribution is -0.141. The summed E-state index contributed by atoms with van der Waals surface area (Å²) < 4.78 is 5.21. The van der Waals surface area contributed by atoms with Crippen molar-refractivity contribution in [1.29, 1.82) is 0 Å². The average Bonchev–Trinajstić information content (AvgIpc) is 3.00. The zero-order valence-electron chi connectivity index (χ0n) is 15.4. The number of rotatable bonds is 5. The number of hydrogen-bond acceptors (Lipinski definition) is 4. The summed E-state index contributed by atoms with van der Waals surface area (Å²) in [6, 6.07) is 18.6. The van der Waals surface area contributed by atoms with Crippen molar-refractivity contribution >= 4 is 34.1 Å². The number of ketones is 1. The first-order valence-electron chi connectivity index (χ1n) is 9.13. The Hall–Kier alpha value is -3.47. The van der Waals surface area contributed by atoms with E-state index in [0.29, 0.717) is 5.56 Å². The van der Waals surface area contributed by atoms with E-state index in [2.05, 4.69) is 5.32 Å². The van der Waals surface area contributed by atoms with E-state index in [0.717, 1.165) is 27.6 Å². The number of anilines is 1. The third-order valence-electron chi connectivity index (χ3n) is 5.07. The summed E-state index contributed by atoms with van der Waals surface area (Å²) in [7, 11) is 0. The molecule has 5 heteroatoms. The van der Waals surface area contributed by atoms with Crippen LogP contribution in [0, 0.1) is 0 Å². The van der Waals surface area contributed by atoms with E-state index in [-0.39, 0.29) is 30.6 Å². The number of nitrogens with one attached hydrogen (secondary N) is 1. The molecular weight excluding hydrogens is 354 g/mol. The molecule has 0 aliphatic carbocycles. The van der Waals surface area contributed by atoms with E-state index in [1.54, 1.807) is 25.1 Å². The van der Waals surface area contributed by atoms with Gasteiger partial charge < -0.3 is 10.1 Å². The quantitative estimate of drug-likeness (QED) is 0.544. The molecule has 0 saturated carbocycles. The maximum atomic E-state index is 12.4. The van der Waals surface area contributed by atoms with Crippen molar-refractivity contribution in [3.05, 3.63) is 77.4 Å². The number of esters is 1. The van der Waals surface area contributed by atoms with Gasteiger partial charge in [0.05, 0.1) is 12.3 Å². The van der Waals surface area contributed by atoms with Crippen LogP contribution in [0.25, 0.3) is 10.8 Å². The average molecular weight is 373 g/mol. The second-order valence-corrected chi connectivity index (χ2v) is 6.91. The Labute approximate surface area is 162 Å². The van der Waals surface area contributed by atoms with E-state index in [1.165, 1.54) is 0 Å². The number of amides is 1. The van der Waals surface area contributed by atoms with Gasteiger partial charge in [-0.25, -0.2) is 0 Å². The minimum Gasteiger partial charge on any atom is -0.457 e. The zero-order valence-corrected chi connectivity index (χ0v) is 15.4. The molecule has 0 spiro atoms. The largest absolute Gasteiger partial charge is 0.457 e. The van der Waals surface area contributed by atoms with E-state index >= 15 is 0 Å². The zero-order chi connectivity index (χ0) is 19.7. The topological polar surface area (TPSA) is 72.5 Å². The molecule has 1 aliphatic rings. The Balaban J connectivity index is 1.41. The van der Waals surface area contributed by atoms with Gasteiger partial charge >= 0.3 is 5.97 Å². The normalized spacial score (nSPS) is 15.2. The highest BCUT2D eigenvalue weighted by atomic mass is 16.5. The first kappa shape index (κ1) is 17.9. The van der Waals surface area contributed by atoms with Crippen molar-refractivity contribution in [3.8, 4) is 0 Å². The molecule has 0 unspecified atom stereocenters. The van der Waals surface area contributed by atoms with Crippen LogP contribution in [0.5, 0.6) is 0 Å². The second-order valence-electron chi connectivity index (χ2n) is 6.91. The van der Waals surface area contributed by atoms with Gasteiger partial charge in [-0.05, 0) is 47.0 Å². The maximum Gasteiger partial charge on any atom is 0.310 e. The van der Waals surface area contributed by atoms with Crippen LogP contribution in [0.2, 0.25) is 0 Å². The molecule has 0 aromatic heterocycles. The number of fused-ring (bicyclic) bond motifs is 2. The van der Waals surface area contributed by atoms with Gasteiger partial charge in [0, 0.05) is 11.3 Å². The standard InChI is InChI=1S/C23H19NO4/c1-14-19-11-17(9-10-20(19)24-23(14)27)21(25)13-28-22(26)12-16-7-4-6-15-5-2-3-8-18(15)16/h2-11,14H,12-13H2,1H3,(H,24,27)/t14-/m0/s1. The monoisotopic (exact) mass is 373 g/mol. The lowest BCUT2D eigenvalue weighted by atomic mass is 9.99. The molecule has 1 atom stereocenters. The van der Waals surface area contributed by atoms with Crippen molar-refractivity contribution in [3.63, 3.8) is 0 Å². The Morgan fingerprint density at radius 1 is 1.04 bits per heavy atom. The predicted octanol–water partition coefficient (Wildman–Crippen LogP) is 3.86. The molecule has 1 N–H and O–H groups in total. The molecule has 1 amide bonds. The van der Waals surface area contributed by atoms with Crippen LogP contribution in [-0.4, -0.2) is 24.3 Å². The van der Waals surface area contributed by atoms with Crippen LogP contribution in [0.15, 0.2) is 60.7 Å². The van der Waals surface area contributed by atoms with Gasteiger partial charge in [-0.15, -0.1) is 0 Å². The first-order chi connectivity index (χ1) is 13.5. The Kier molecular flexibility index (Phi) is 4.65. The van der Waals surface area contributed by atoms with E-state index in [9.17, 15) is 14.4 Å². The Morgan fingerprint density at radius 3 is 2.68 bits per heavy atom. The highest BCUT2D eigenvalue weighted by Crippen LogP contribution is 2.32. The van der Waals surface area contributed by atoms with Crippen molar-refractivity contribution in [1.82, 2.24) is 0 Å². The van der Waals surface area contributed by atoms with Gasteiger partial charge in [0.15, 0.2) is 12.4 Å². The summed E-state index contributed by atoms with van der Waals surface area (Å²) in [5.41, 5.74) is 2.81. The number of carbonyl (C=O) groups excluding carboxylic acids is 3. The fourth-order valence-electron chi connectivity index (χ4n) is 3.47. The van der Waals surface area contributed by atoms with Crippen molar-refractivity contribution in [2.75, 3.05) is 11.9 Å². The minimum atomic E-state index is -0.448. The van der Waals surface area contributed by atoms with Crippen molar-refractivity contribution in [2.45, 2.75) is 19.3 Å². The minimum absolute atomic E-state index is 0.0823. The summed E-state index contributed by atoms with van der Waals surface area (Å²) in [6.07, 6.45) is 0.105. The highest BCUT2D eigenvalue weighted by molar-refractivity contribution is 6.05. The lowest BCUT2D eigenvalue weighted by Gasteiger charge is -2.08. The van der Waals surface area contributed by atoms with Crippen LogP contribution < -0.4 is 5.32 Å². The van der Waals surface area contributed by atoms with Gasteiger partial charge in [-0.1, -0.05) is 42.5 Å². The van der Waals surface area contributed by atoms with Gasteiger partial charge in [0.25, 0.3) is 0 Å². The summed E-state index contributed by atoms with van der Waals surface area (Å²) in [5, 5.41) is 4.82. The van der Waals surface area contributed by atoms with Crippen LogP contribution in [0.4, 0.5) is 5.69 Å². The van der Waals surface area contributed by atoms with Gasteiger partial charge in [0.2, 0.25) is 5.91 Å². The third-order valence-corrected chi connectivity index (χ3v) is 5.07. The molecule has 1 aliphatic heterocycles. The number of benzene rings is 3.